The van der Waals surface area contributed by atoms with Crippen molar-refractivity contribution in [1.82, 2.24) is 0 Å². The summed E-state index contributed by atoms with van der Waals surface area (Å²) in [4.78, 5) is 9.99. The molecule has 0 spiro atoms. The van der Waals surface area contributed by atoms with Crippen molar-refractivity contribution >= 4 is 5.97 Å². The summed E-state index contributed by atoms with van der Waals surface area (Å²) in [6.45, 7) is 0. The second-order valence-corrected chi connectivity index (χ2v) is 2.10. The Morgan fingerprint density at radius 2 is 2.00 bits per heavy atom. The highest BCUT2D eigenvalue weighted by Crippen LogP contribution is 2.05. The number of carbonyl (C=O) groups is 1. The van der Waals surface area contributed by atoms with E-state index in [1.54, 1.807) is 12.1 Å². The Morgan fingerprint density at radius 3 is 2.36 bits per heavy atom. The van der Waals surface area contributed by atoms with Crippen molar-refractivity contribution in [1.29, 1.82) is 10.5 Å². The maximum absolute atomic E-state index is 9.99. The van der Waals surface area contributed by atoms with E-state index >= 15 is 0 Å². The molecule has 0 radical (unpaired) electrons. The monoisotopic (exact) mass is 152 g/mol. The zero-order chi connectivity index (χ0) is 8.69. The normalized spacial score (nSPS) is 8.64. The smallest absolute Gasteiger partial charge is 0.303 e. The van der Waals surface area contributed by atoms with Gasteiger partial charge in [-0.25, -0.2) is 0 Å². The molecule has 4 heteroatoms. The summed E-state index contributed by atoms with van der Waals surface area (Å²) < 4.78 is 0. The van der Waals surface area contributed by atoms with Gasteiger partial charge in [0.2, 0.25) is 0 Å². The highest BCUT2D eigenvalue weighted by Gasteiger charge is 2.05. The Bertz CT molecular complexity index is 197. The lowest BCUT2D eigenvalue weighted by Crippen LogP contribution is -1.97. The van der Waals surface area contributed by atoms with E-state index in [9.17, 15) is 4.79 Å². The maximum Gasteiger partial charge on any atom is 0.303 e. The van der Waals surface area contributed by atoms with Crippen LogP contribution >= 0.6 is 0 Å². The highest BCUT2D eigenvalue weighted by molar-refractivity contribution is 5.66. The fourth-order valence-corrected chi connectivity index (χ4v) is 0.615. The van der Waals surface area contributed by atoms with Gasteiger partial charge in [-0.05, 0) is 12.8 Å². The third-order valence-electron chi connectivity index (χ3n) is 1.20. The summed E-state index contributed by atoms with van der Waals surface area (Å²) in [6.07, 6.45) is 0.764. The highest BCUT2D eigenvalue weighted by atomic mass is 16.4. The van der Waals surface area contributed by atoms with Crippen molar-refractivity contribution in [3.05, 3.63) is 0 Å². The molecule has 0 bridgehead atoms. The van der Waals surface area contributed by atoms with Gasteiger partial charge in [0.15, 0.2) is 0 Å². The minimum absolute atomic E-state index is 0.0276. The maximum atomic E-state index is 9.99. The summed E-state index contributed by atoms with van der Waals surface area (Å²) in [6, 6.07) is 3.54. The molecule has 0 aromatic carbocycles. The van der Waals surface area contributed by atoms with Crippen LogP contribution in [-0.2, 0) is 4.79 Å². The molecule has 58 valence electrons. The Hall–Kier alpha value is -1.55. The van der Waals surface area contributed by atoms with Crippen molar-refractivity contribution in [3.63, 3.8) is 0 Å². The van der Waals surface area contributed by atoms with Crippen molar-refractivity contribution in [2.24, 2.45) is 5.92 Å². The topological polar surface area (TPSA) is 84.9 Å². The first kappa shape index (κ1) is 9.45. The number of nitriles is 2. The molecule has 0 rings (SSSR count). The Labute approximate surface area is 64.7 Å². The molecule has 11 heavy (non-hydrogen) atoms. The lowest BCUT2D eigenvalue weighted by Gasteiger charge is -1.95. The van der Waals surface area contributed by atoms with Crippen LogP contribution in [0.25, 0.3) is 0 Å². The summed E-state index contributed by atoms with van der Waals surface area (Å²) in [5.74, 6) is -1.55. The van der Waals surface area contributed by atoms with Gasteiger partial charge in [0, 0.05) is 6.42 Å². The van der Waals surface area contributed by atoms with E-state index in [1.165, 1.54) is 0 Å². The number of carboxylic acid groups (broad SMARTS) is 1. The van der Waals surface area contributed by atoms with Gasteiger partial charge in [-0.15, -0.1) is 0 Å². The second kappa shape index (κ2) is 5.25. The first-order valence-corrected chi connectivity index (χ1v) is 3.21. The molecule has 0 aromatic heterocycles. The molecule has 0 fully saturated rings. The number of rotatable bonds is 4. The SMILES string of the molecule is N#CC(C#N)CCCC(=O)O. The fraction of sp³-hybridized carbons (Fsp3) is 0.571. The number of nitrogens with zero attached hydrogens (tertiary/aromatic N) is 2. The third kappa shape index (κ3) is 4.92. The number of carboxylic acids is 1. The molecule has 0 aliphatic rings. The van der Waals surface area contributed by atoms with Crippen molar-refractivity contribution in [2.45, 2.75) is 19.3 Å². The molecule has 1 N–H and O–H groups in total. The molecule has 0 aromatic rings. The predicted octanol–water partition coefficient (Wildman–Crippen LogP) is 0.905. The summed E-state index contributed by atoms with van der Waals surface area (Å²) in [5, 5.41) is 24.7. The molecule has 0 aliphatic heterocycles. The van der Waals surface area contributed by atoms with Gasteiger partial charge in [0.25, 0.3) is 0 Å². The second-order valence-electron chi connectivity index (χ2n) is 2.10. The largest absolute Gasteiger partial charge is 0.481 e. The quantitative estimate of drug-likeness (QED) is 0.648. The average Bonchev–Trinajstić information content (AvgIpc) is 1.98. The van der Waals surface area contributed by atoms with Gasteiger partial charge in [-0.3, -0.25) is 4.79 Å². The van der Waals surface area contributed by atoms with Gasteiger partial charge >= 0.3 is 5.97 Å². The molecule has 0 saturated heterocycles. The van der Waals surface area contributed by atoms with E-state index in [1.807, 2.05) is 0 Å². The lowest BCUT2D eigenvalue weighted by molar-refractivity contribution is -0.137. The van der Waals surface area contributed by atoms with Crippen LogP contribution in [0.15, 0.2) is 0 Å². The zero-order valence-corrected chi connectivity index (χ0v) is 5.95. The minimum atomic E-state index is -0.889. The van der Waals surface area contributed by atoms with Crippen LogP contribution in [-0.4, -0.2) is 11.1 Å². The molecule has 0 aliphatic carbocycles. The molecule has 4 nitrogen and oxygen atoms in total. The van der Waals surface area contributed by atoms with Gasteiger partial charge in [-0.1, -0.05) is 0 Å². The van der Waals surface area contributed by atoms with Gasteiger partial charge in [-0.2, -0.15) is 10.5 Å². The Morgan fingerprint density at radius 1 is 1.45 bits per heavy atom. The third-order valence-corrected chi connectivity index (χ3v) is 1.20. The van der Waals surface area contributed by atoms with E-state index in [-0.39, 0.29) is 6.42 Å². The standard InChI is InChI=1S/C7H8N2O2/c8-4-6(5-9)2-1-3-7(10)11/h6H,1-3H2,(H,10,11). The van der Waals surface area contributed by atoms with E-state index in [0.29, 0.717) is 12.8 Å². The average molecular weight is 152 g/mol. The van der Waals surface area contributed by atoms with E-state index in [2.05, 4.69) is 0 Å². The van der Waals surface area contributed by atoms with Crippen LogP contribution in [0.2, 0.25) is 0 Å². The predicted molar refractivity (Wildman–Crippen MR) is 36.2 cm³/mol. The van der Waals surface area contributed by atoms with Crippen LogP contribution < -0.4 is 0 Å². The van der Waals surface area contributed by atoms with Crippen LogP contribution in [0.4, 0.5) is 0 Å². The van der Waals surface area contributed by atoms with Crippen LogP contribution in [0.1, 0.15) is 19.3 Å². The number of hydrogen-bond donors (Lipinski definition) is 1. The molecule has 0 atom stereocenters. The molecular weight excluding hydrogens is 144 g/mol. The first-order valence-electron chi connectivity index (χ1n) is 3.21. The van der Waals surface area contributed by atoms with Gasteiger partial charge < -0.3 is 5.11 Å². The van der Waals surface area contributed by atoms with Crippen molar-refractivity contribution in [3.8, 4) is 12.1 Å². The zero-order valence-electron chi connectivity index (χ0n) is 5.95. The van der Waals surface area contributed by atoms with E-state index in [4.69, 9.17) is 15.6 Å². The van der Waals surface area contributed by atoms with Crippen molar-refractivity contribution in [2.75, 3.05) is 0 Å². The van der Waals surface area contributed by atoms with Crippen LogP contribution in [0, 0.1) is 28.6 Å². The summed E-state index contributed by atoms with van der Waals surface area (Å²) in [7, 11) is 0. The minimum Gasteiger partial charge on any atom is -0.481 e. The Balaban J connectivity index is 3.48. The summed E-state index contributed by atoms with van der Waals surface area (Å²) in [5.41, 5.74) is 0. The van der Waals surface area contributed by atoms with Gasteiger partial charge in [0.05, 0.1) is 12.1 Å². The molecule has 0 amide bonds. The Kier molecular flexibility index (Phi) is 4.51. The lowest BCUT2D eigenvalue weighted by atomic mass is 10.1. The van der Waals surface area contributed by atoms with E-state index < -0.39 is 11.9 Å². The fourth-order valence-electron chi connectivity index (χ4n) is 0.615. The number of hydrogen-bond acceptors (Lipinski definition) is 3. The van der Waals surface area contributed by atoms with Gasteiger partial charge in [0.1, 0.15) is 5.92 Å². The molecule has 0 heterocycles. The van der Waals surface area contributed by atoms with Crippen LogP contribution in [0.3, 0.4) is 0 Å². The molecule has 0 unspecified atom stereocenters. The van der Waals surface area contributed by atoms with Crippen molar-refractivity contribution < 1.29 is 9.90 Å². The molecule has 0 saturated carbocycles. The number of aliphatic carboxylic acids is 1. The van der Waals surface area contributed by atoms with Crippen LogP contribution in [0.5, 0.6) is 0 Å². The van der Waals surface area contributed by atoms with E-state index in [0.717, 1.165) is 0 Å². The summed E-state index contributed by atoms with van der Waals surface area (Å²) >= 11 is 0. The molecular formula is C7H8N2O2. The first-order chi connectivity index (χ1) is 5.20.